The Labute approximate surface area is 79.2 Å². The number of benzene rings is 1. The molecule has 1 rings (SSSR count). The predicted octanol–water partition coefficient (Wildman–Crippen LogP) is 1.52. The van der Waals surface area contributed by atoms with Crippen molar-refractivity contribution in [2.75, 3.05) is 13.7 Å². The second kappa shape index (κ2) is 4.55. The molecule has 1 aromatic carbocycles. The summed E-state index contributed by atoms with van der Waals surface area (Å²) in [5.74, 6) is -2.37. The highest BCUT2D eigenvalue weighted by atomic mass is 19.1. The molecule has 5 heteroatoms. The topological polar surface area (TPSA) is 35.5 Å². The normalized spacial score (nSPS) is 9.64. The molecule has 0 aromatic heterocycles. The molecule has 0 aliphatic rings. The maximum Gasteiger partial charge on any atom is 0.343 e. The Balaban J connectivity index is 2.63. The lowest BCUT2D eigenvalue weighted by molar-refractivity contribution is -0.142. The molecule has 1 aromatic rings. The van der Waals surface area contributed by atoms with E-state index < -0.39 is 24.2 Å². The first-order valence-electron chi connectivity index (χ1n) is 3.78. The van der Waals surface area contributed by atoms with Crippen molar-refractivity contribution in [3.63, 3.8) is 0 Å². The fourth-order valence-electron chi connectivity index (χ4n) is 0.788. The molecular weight excluding hydrogens is 194 g/mol. The largest absolute Gasteiger partial charge is 0.479 e. The van der Waals surface area contributed by atoms with E-state index in [1.54, 1.807) is 0 Å². The minimum absolute atomic E-state index is 0.184. The van der Waals surface area contributed by atoms with E-state index in [4.69, 9.17) is 4.74 Å². The second-order valence-electron chi connectivity index (χ2n) is 2.44. The molecule has 0 saturated carbocycles. The third-order valence-electron chi connectivity index (χ3n) is 1.47. The lowest BCUT2D eigenvalue weighted by atomic mass is 10.3. The molecule has 0 fully saturated rings. The summed E-state index contributed by atoms with van der Waals surface area (Å²) >= 11 is 0. The van der Waals surface area contributed by atoms with E-state index in [2.05, 4.69) is 4.74 Å². The molecule has 76 valence electrons. The summed E-state index contributed by atoms with van der Waals surface area (Å²) < 4.78 is 34.3. The zero-order chi connectivity index (χ0) is 10.6. The summed E-state index contributed by atoms with van der Waals surface area (Å²) in [5, 5.41) is 0. The van der Waals surface area contributed by atoms with Crippen LogP contribution in [-0.2, 0) is 9.53 Å². The number of hydrogen-bond donors (Lipinski definition) is 0. The van der Waals surface area contributed by atoms with Gasteiger partial charge in [-0.3, -0.25) is 0 Å². The van der Waals surface area contributed by atoms with Crippen molar-refractivity contribution < 1.29 is 23.0 Å². The zero-order valence-electron chi connectivity index (χ0n) is 7.42. The van der Waals surface area contributed by atoms with E-state index in [1.807, 2.05) is 0 Å². The first-order chi connectivity index (χ1) is 6.63. The van der Waals surface area contributed by atoms with Gasteiger partial charge in [0.05, 0.1) is 7.11 Å². The molecule has 0 saturated heterocycles. The standard InChI is InChI=1S/C9H8F2O3/c1-13-9(12)5-14-8-3-2-6(10)4-7(8)11/h2-4H,5H2,1H3. The minimum Gasteiger partial charge on any atom is -0.479 e. The molecule has 0 heterocycles. The van der Waals surface area contributed by atoms with Crippen LogP contribution in [0.15, 0.2) is 18.2 Å². The van der Waals surface area contributed by atoms with Crippen LogP contribution in [0.5, 0.6) is 5.75 Å². The number of methoxy groups -OCH3 is 1. The van der Waals surface area contributed by atoms with E-state index in [0.29, 0.717) is 6.07 Å². The van der Waals surface area contributed by atoms with Gasteiger partial charge in [0, 0.05) is 6.07 Å². The average molecular weight is 202 g/mol. The van der Waals surface area contributed by atoms with E-state index >= 15 is 0 Å². The summed E-state index contributed by atoms with van der Waals surface area (Å²) in [6.45, 7) is -0.404. The van der Waals surface area contributed by atoms with Crippen molar-refractivity contribution in [2.45, 2.75) is 0 Å². The molecule has 3 nitrogen and oxygen atoms in total. The SMILES string of the molecule is COC(=O)COc1ccc(F)cc1F. The van der Waals surface area contributed by atoms with Crippen LogP contribution in [0.3, 0.4) is 0 Å². The summed E-state index contributed by atoms with van der Waals surface area (Å²) in [6.07, 6.45) is 0. The molecule has 0 radical (unpaired) electrons. The summed E-state index contributed by atoms with van der Waals surface area (Å²) in [5.41, 5.74) is 0. The van der Waals surface area contributed by atoms with Crippen molar-refractivity contribution >= 4 is 5.97 Å². The number of carbonyl (C=O) groups excluding carboxylic acids is 1. The lowest BCUT2D eigenvalue weighted by Gasteiger charge is -2.05. The van der Waals surface area contributed by atoms with E-state index in [9.17, 15) is 13.6 Å². The first-order valence-corrected chi connectivity index (χ1v) is 3.78. The van der Waals surface area contributed by atoms with Gasteiger partial charge < -0.3 is 9.47 Å². The zero-order valence-corrected chi connectivity index (χ0v) is 7.42. The molecule has 0 spiro atoms. The third kappa shape index (κ3) is 2.69. The van der Waals surface area contributed by atoms with Crippen LogP contribution in [0.4, 0.5) is 8.78 Å². The Bertz CT molecular complexity index is 339. The number of esters is 1. The van der Waals surface area contributed by atoms with Gasteiger partial charge in [-0.15, -0.1) is 0 Å². The second-order valence-corrected chi connectivity index (χ2v) is 2.44. The van der Waals surface area contributed by atoms with Gasteiger partial charge in [-0.1, -0.05) is 0 Å². The molecule has 0 atom stereocenters. The van der Waals surface area contributed by atoms with Gasteiger partial charge >= 0.3 is 5.97 Å². The Hall–Kier alpha value is -1.65. The molecule has 0 amide bonds. The molecule has 14 heavy (non-hydrogen) atoms. The highest BCUT2D eigenvalue weighted by molar-refractivity contribution is 5.70. The summed E-state index contributed by atoms with van der Waals surface area (Å²) in [7, 11) is 1.19. The number of ether oxygens (including phenoxy) is 2. The quantitative estimate of drug-likeness (QED) is 0.697. The minimum atomic E-state index is -0.853. The molecule has 0 aliphatic carbocycles. The molecule has 0 aliphatic heterocycles. The molecular formula is C9H8F2O3. The lowest BCUT2D eigenvalue weighted by Crippen LogP contribution is -2.13. The van der Waals surface area contributed by atoms with E-state index in [-0.39, 0.29) is 5.75 Å². The predicted molar refractivity (Wildman–Crippen MR) is 43.9 cm³/mol. The Morgan fingerprint density at radius 1 is 1.43 bits per heavy atom. The third-order valence-corrected chi connectivity index (χ3v) is 1.47. The van der Waals surface area contributed by atoms with Crippen molar-refractivity contribution in [3.8, 4) is 5.75 Å². The van der Waals surface area contributed by atoms with Gasteiger partial charge in [0.1, 0.15) is 5.82 Å². The van der Waals surface area contributed by atoms with E-state index in [0.717, 1.165) is 12.1 Å². The van der Waals surface area contributed by atoms with Crippen molar-refractivity contribution in [3.05, 3.63) is 29.8 Å². The maximum absolute atomic E-state index is 12.9. The number of carbonyl (C=O) groups is 1. The highest BCUT2D eigenvalue weighted by Gasteiger charge is 2.07. The van der Waals surface area contributed by atoms with Gasteiger partial charge in [-0.25, -0.2) is 13.6 Å². The average Bonchev–Trinajstić information content (AvgIpc) is 2.16. The molecule has 0 unspecified atom stereocenters. The Kier molecular flexibility index (Phi) is 3.39. The van der Waals surface area contributed by atoms with Crippen LogP contribution in [0.2, 0.25) is 0 Å². The maximum atomic E-state index is 12.9. The Morgan fingerprint density at radius 2 is 2.14 bits per heavy atom. The van der Waals surface area contributed by atoms with Crippen LogP contribution in [0.1, 0.15) is 0 Å². The Morgan fingerprint density at radius 3 is 2.71 bits per heavy atom. The fourth-order valence-corrected chi connectivity index (χ4v) is 0.788. The van der Waals surface area contributed by atoms with Crippen molar-refractivity contribution in [2.24, 2.45) is 0 Å². The number of hydrogen-bond acceptors (Lipinski definition) is 3. The smallest absolute Gasteiger partial charge is 0.343 e. The van der Waals surface area contributed by atoms with Crippen molar-refractivity contribution in [1.29, 1.82) is 0 Å². The molecule has 0 N–H and O–H groups in total. The number of rotatable bonds is 3. The van der Waals surface area contributed by atoms with Crippen LogP contribution in [-0.4, -0.2) is 19.7 Å². The summed E-state index contributed by atoms with van der Waals surface area (Å²) in [6, 6.07) is 2.82. The number of halogens is 2. The monoisotopic (exact) mass is 202 g/mol. The fraction of sp³-hybridized carbons (Fsp3) is 0.222. The summed E-state index contributed by atoms with van der Waals surface area (Å²) in [4.78, 5) is 10.6. The van der Waals surface area contributed by atoms with Gasteiger partial charge in [0.25, 0.3) is 0 Å². The van der Waals surface area contributed by atoms with Gasteiger partial charge in [-0.2, -0.15) is 0 Å². The van der Waals surface area contributed by atoms with Gasteiger partial charge in [0.2, 0.25) is 0 Å². The molecule has 0 bridgehead atoms. The van der Waals surface area contributed by atoms with E-state index in [1.165, 1.54) is 7.11 Å². The van der Waals surface area contributed by atoms with Crippen molar-refractivity contribution in [1.82, 2.24) is 0 Å². The first kappa shape index (κ1) is 10.4. The van der Waals surface area contributed by atoms with Crippen LogP contribution in [0.25, 0.3) is 0 Å². The van der Waals surface area contributed by atoms with Crippen LogP contribution >= 0.6 is 0 Å². The van der Waals surface area contributed by atoms with Crippen LogP contribution < -0.4 is 4.74 Å². The van der Waals surface area contributed by atoms with Gasteiger partial charge in [-0.05, 0) is 12.1 Å². The van der Waals surface area contributed by atoms with Gasteiger partial charge in [0.15, 0.2) is 18.2 Å². The van der Waals surface area contributed by atoms with Crippen LogP contribution in [0, 0.1) is 11.6 Å². The highest BCUT2D eigenvalue weighted by Crippen LogP contribution is 2.17.